The largest absolute Gasteiger partial charge is 0.391 e. The minimum atomic E-state index is -0.632. The second-order valence-electron chi connectivity index (χ2n) is 5.17. The van der Waals surface area contributed by atoms with Crippen LogP contribution >= 0.6 is 0 Å². The van der Waals surface area contributed by atoms with Crippen molar-refractivity contribution in [1.29, 1.82) is 0 Å². The molecule has 3 nitrogen and oxygen atoms in total. The lowest BCUT2D eigenvalue weighted by Gasteiger charge is -2.29. The molecular weight excluding hydrogens is 214 g/mol. The van der Waals surface area contributed by atoms with Crippen molar-refractivity contribution in [1.82, 2.24) is 5.32 Å². The first kappa shape index (κ1) is 13.7. The first-order chi connectivity index (χ1) is 7.74. The fourth-order valence-electron chi connectivity index (χ4n) is 1.44. The topological polar surface area (TPSA) is 49.3 Å². The molecule has 0 saturated heterocycles. The van der Waals surface area contributed by atoms with Gasteiger partial charge in [-0.3, -0.25) is 4.79 Å². The van der Waals surface area contributed by atoms with E-state index in [0.717, 1.165) is 11.1 Å². The van der Waals surface area contributed by atoms with Gasteiger partial charge < -0.3 is 10.4 Å². The Hall–Kier alpha value is -1.35. The Kier molecular flexibility index (Phi) is 3.94. The molecule has 1 atom stereocenters. The molecule has 1 amide bonds. The van der Waals surface area contributed by atoms with Gasteiger partial charge >= 0.3 is 0 Å². The highest BCUT2D eigenvalue weighted by atomic mass is 16.3. The van der Waals surface area contributed by atoms with Gasteiger partial charge in [-0.25, -0.2) is 0 Å². The molecule has 0 heterocycles. The quantitative estimate of drug-likeness (QED) is 0.843. The molecule has 1 unspecified atom stereocenters. The van der Waals surface area contributed by atoms with Crippen molar-refractivity contribution in [3.63, 3.8) is 0 Å². The number of carbonyl (C=O) groups is 1. The maximum Gasteiger partial charge on any atom is 0.252 e. The number of nitrogens with one attached hydrogen (secondary N) is 1. The summed E-state index contributed by atoms with van der Waals surface area (Å²) in [6.45, 7) is 9.14. The Morgan fingerprint density at radius 2 is 1.94 bits per heavy atom. The number of hydrogen-bond acceptors (Lipinski definition) is 2. The van der Waals surface area contributed by atoms with Crippen LogP contribution in [-0.4, -0.2) is 22.7 Å². The molecule has 2 N–H and O–H groups in total. The number of benzene rings is 1. The van der Waals surface area contributed by atoms with Crippen LogP contribution in [0.15, 0.2) is 18.2 Å². The normalized spacial score (nSPS) is 13.3. The summed E-state index contributed by atoms with van der Waals surface area (Å²) < 4.78 is 0. The molecule has 0 bridgehead atoms. The fourth-order valence-corrected chi connectivity index (χ4v) is 1.44. The number of hydrogen-bond donors (Lipinski definition) is 2. The van der Waals surface area contributed by atoms with E-state index < -0.39 is 11.6 Å². The summed E-state index contributed by atoms with van der Waals surface area (Å²) in [6, 6.07) is 5.77. The molecule has 0 aliphatic rings. The summed E-state index contributed by atoms with van der Waals surface area (Å²) in [6.07, 6.45) is -0.600. The van der Waals surface area contributed by atoms with Gasteiger partial charge in [0.25, 0.3) is 5.91 Å². The molecule has 0 fully saturated rings. The third kappa shape index (κ3) is 3.30. The van der Waals surface area contributed by atoms with Gasteiger partial charge in [0.05, 0.1) is 11.6 Å². The second kappa shape index (κ2) is 4.88. The maximum atomic E-state index is 12.1. The molecule has 1 aromatic carbocycles. The van der Waals surface area contributed by atoms with Crippen molar-refractivity contribution in [3.8, 4) is 0 Å². The van der Waals surface area contributed by atoms with Crippen LogP contribution in [-0.2, 0) is 0 Å². The van der Waals surface area contributed by atoms with E-state index in [1.165, 1.54) is 0 Å². The summed E-state index contributed by atoms with van der Waals surface area (Å²) >= 11 is 0. The molecule has 17 heavy (non-hydrogen) atoms. The summed E-state index contributed by atoms with van der Waals surface area (Å²) in [7, 11) is 0. The Morgan fingerprint density at radius 3 is 2.47 bits per heavy atom. The minimum Gasteiger partial charge on any atom is -0.391 e. The van der Waals surface area contributed by atoms with Gasteiger partial charge in [-0.1, -0.05) is 17.7 Å². The fraction of sp³-hybridized carbons (Fsp3) is 0.500. The Bertz CT molecular complexity index is 422. The van der Waals surface area contributed by atoms with Crippen LogP contribution in [0, 0.1) is 13.8 Å². The van der Waals surface area contributed by atoms with Gasteiger partial charge in [0, 0.05) is 5.56 Å². The molecule has 1 aromatic rings. The van der Waals surface area contributed by atoms with Crippen molar-refractivity contribution in [2.24, 2.45) is 0 Å². The predicted molar refractivity (Wildman–Crippen MR) is 69.1 cm³/mol. The van der Waals surface area contributed by atoms with Crippen LogP contribution in [0.4, 0.5) is 0 Å². The van der Waals surface area contributed by atoms with Crippen LogP contribution < -0.4 is 5.32 Å². The third-order valence-electron chi connectivity index (χ3n) is 3.12. The van der Waals surface area contributed by atoms with Crippen LogP contribution in [0.3, 0.4) is 0 Å². The first-order valence-corrected chi connectivity index (χ1v) is 5.82. The lowest BCUT2D eigenvalue weighted by molar-refractivity contribution is 0.0709. The van der Waals surface area contributed by atoms with Crippen LogP contribution in [0.25, 0.3) is 0 Å². The molecule has 0 radical (unpaired) electrons. The molecular formula is C14H21NO2. The monoisotopic (exact) mass is 235 g/mol. The van der Waals surface area contributed by atoms with E-state index >= 15 is 0 Å². The SMILES string of the molecule is Cc1ccc(C)c(C(=O)NC(C)(C)C(C)O)c1. The lowest BCUT2D eigenvalue weighted by atomic mass is 9.97. The second-order valence-corrected chi connectivity index (χ2v) is 5.17. The Labute approximate surface area is 103 Å². The van der Waals surface area contributed by atoms with E-state index in [1.807, 2.05) is 32.0 Å². The van der Waals surface area contributed by atoms with E-state index in [0.29, 0.717) is 5.56 Å². The standard InChI is InChI=1S/C14H21NO2/c1-9-6-7-10(2)12(8-9)13(17)15-14(4,5)11(3)16/h6-8,11,16H,1-5H3,(H,15,17). The first-order valence-electron chi connectivity index (χ1n) is 5.82. The van der Waals surface area contributed by atoms with Crippen molar-refractivity contribution in [2.45, 2.75) is 46.3 Å². The van der Waals surface area contributed by atoms with Gasteiger partial charge in [0.2, 0.25) is 0 Å². The van der Waals surface area contributed by atoms with Crippen LogP contribution in [0.2, 0.25) is 0 Å². The van der Waals surface area contributed by atoms with E-state index in [9.17, 15) is 9.90 Å². The highest BCUT2D eigenvalue weighted by Gasteiger charge is 2.26. The van der Waals surface area contributed by atoms with Gasteiger partial charge in [0.15, 0.2) is 0 Å². The van der Waals surface area contributed by atoms with Gasteiger partial charge in [-0.2, -0.15) is 0 Å². The smallest absolute Gasteiger partial charge is 0.252 e. The summed E-state index contributed by atoms with van der Waals surface area (Å²) in [5, 5.41) is 12.4. The Balaban J connectivity index is 2.94. The summed E-state index contributed by atoms with van der Waals surface area (Å²) in [4.78, 5) is 12.1. The number of amides is 1. The third-order valence-corrected chi connectivity index (χ3v) is 3.12. The zero-order valence-electron chi connectivity index (χ0n) is 11.2. The van der Waals surface area contributed by atoms with Crippen molar-refractivity contribution < 1.29 is 9.90 Å². The number of carbonyl (C=O) groups excluding carboxylic acids is 1. The molecule has 0 saturated carbocycles. The van der Waals surface area contributed by atoms with Gasteiger partial charge in [0.1, 0.15) is 0 Å². The molecule has 0 aromatic heterocycles. The molecule has 0 spiro atoms. The predicted octanol–water partition coefficient (Wildman–Crippen LogP) is 2.19. The van der Waals surface area contributed by atoms with Crippen LogP contribution in [0.5, 0.6) is 0 Å². The van der Waals surface area contributed by atoms with Gasteiger partial charge in [-0.05, 0) is 46.2 Å². The highest BCUT2D eigenvalue weighted by Crippen LogP contribution is 2.14. The molecule has 1 rings (SSSR count). The number of aliphatic hydroxyl groups is 1. The van der Waals surface area contributed by atoms with Crippen LogP contribution in [0.1, 0.15) is 42.3 Å². The molecule has 94 valence electrons. The summed E-state index contributed by atoms with van der Waals surface area (Å²) in [5.41, 5.74) is 2.02. The van der Waals surface area contributed by atoms with Gasteiger partial charge in [-0.15, -0.1) is 0 Å². The highest BCUT2D eigenvalue weighted by molar-refractivity contribution is 5.96. The Morgan fingerprint density at radius 1 is 1.35 bits per heavy atom. The lowest BCUT2D eigenvalue weighted by Crippen LogP contribution is -2.51. The summed E-state index contributed by atoms with van der Waals surface area (Å²) in [5.74, 6) is -0.142. The van der Waals surface area contributed by atoms with E-state index in [1.54, 1.807) is 20.8 Å². The number of rotatable bonds is 3. The zero-order chi connectivity index (χ0) is 13.2. The van der Waals surface area contributed by atoms with Crippen molar-refractivity contribution in [2.75, 3.05) is 0 Å². The number of aryl methyl sites for hydroxylation is 2. The molecule has 0 aliphatic carbocycles. The average Bonchev–Trinajstić information content (AvgIpc) is 2.20. The number of aliphatic hydroxyl groups excluding tert-OH is 1. The molecule has 0 aliphatic heterocycles. The van der Waals surface area contributed by atoms with E-state index in [4.69, 9.17) is 0 Å². The minimum absolute atomic E-state index is 0.142. The maximum absolute atomic E-state index is 12.1. The molecule has 3 heteroatoms. The van der Waals surface area contributed by atoms with E-state index in [-0.39, 0.29) is 5.91 Å². The van der Waals surface area contributed by atoms with Crippen molar-refractivity contribution >= 4 is 5.91 Å². The van der Waals surface area contributed by atoms with E-state index in [2.05, 4.69) is 5.32 Å². The zero-order valence-corrected chi connectivity index (χ0v) is 11.2. The van der Waals surface area contributed by atoms with Crippen molar-refractivity contribution in [3.05, 3.63) is 34.9 Å². The average molecular weight is 235 g/mol.